The van der Waals surface area contributed by atoms with Crippen LogP contribution in [0.3, 0.4) is 0 Å². The van der Waals surface area contributed by atoms with Crippen molar-refractivity contribution in [2.75, 3.05) is 14.2 Å². The highest BCUT2D eigenvalue weighted by atomic mass is 16.5. The molecule has 0 unspecified atom stereocenters. The van der Waals surface area contributed by atoms with Crippen LogP contribution in [0.5, 0.6) is 0 Å². The second kappa shape index (κ2) is 6.75. The topological polar surface area (TPSA) is 41.6 Å². The molecule has 1 aromatic carbocycles. The molecule has 0 saturated heterocycles. The van der Waals surface area contributed by atoms with E-state index in [0.29, 0.717) is 25.1 Å². The Bertz CT molecular complexity index is 458. The molecule has 1 aliphatic carbocycles. The first-order valence-electron chi connectivity index (χ1n) is 7.20. The number of nitrogens with one attached hydrogen (secondary N) is 1. The molecule has 20 heavy (non-hydrogen) atoms. The van der Waals surface area contributed by atoms with Crippen LogP contribution in [0.4, 0.5) is 4.79 Å². The van der Waals surface area contributed by atoms with Gasteiger partial charge in [-0.1, -0.05) is 24.3 Å². The third-order valence-corrected chi connectivity index (χ3v) is 4.08. The van der Waals surface area contributed by atoms with Gasteiger partial charge in [0.2, 0.25) is 0 Å². The van der Waals surface area contributed by atoms with Gasteiger partial charge in [-0.15, -0.1) is 0 Å². The third-order valence-electron chi connectivity index (χ3n) is 4.08. The van der Waals surface area contributed by atoms with Crippen molar-refractivity contribution in [1.29, 1.82) is 0 Å². The number of amides is 2. The SMILES string of the molecule is COCc1ccccc1CNC(=O)N(C)[C@@H](C)C1CC1. The number of carbonyl (C=O) groups excluding carboxylic acids is 1. The summed E-state index contributed by atoms with van der Waals surface area (Å²) >= 11 is 0. The van der Waals surface area contributed by atoms with Crippen LogP contribution in [0.2, 0.25) is 0 Å². The van der Waals surface area contributed by atoms with Crippen molar-refractivity contribution < 1.29 is 9.53 Å². The quantitative estimate of drug-likeness (QED) is 0.868. The van der Waals surface area contributed by atoms with E-state index < -0.39 is 0 Å². The maximum Gasteiger partial charge on any atom is 0.317 e. The first-order chi connectivity index (χ1) is 9.63. The van der Waals surface area contributed by atoms with Gasteiger partial charge in [0.15, 0.2) is 0 Å². The number of urea groups is 1. The molecule has 110 valence electrons. The van der Waals surface area contributed by atoms with Gasteiger partial charge in [-0.3, -0.25) is 0 Å². The predicted molar refractivity (Wildman–Crippen MR) is 79.3 cm³/mol. The van der Waals surface area contributed by atoms with Gasteiger partial charge in [-0.25, -0.2) is 4.79 Å². The third kappa shape index (κ3) is 3.73. The van der Waals surface area contributed by atoms with Crippen LogP contribution >= 0.6 is 0 Å². The normalized spacial score (nSPS) is 15.8. The van der Waals surface area contributed by atoms with Crippen LogP contribution in [0.1, 0.15) is 30.9 Å². The largest absolute Gasteiger partial charge is 0.380 e. The lowest BCUT2D eigenvalue weighted by atomic mass is 10.1. The molecule has 1 aromatic rings. The Kier molecular flexibility index (Phi) is 5.01. The maximum absolute atomic E-state index is 12.1. The van der Waals surface area contributed by atoms with Crippen LogP contribution in [0.25, 0.3) is 0 Å². The molecule has 0 bridgehead atoms. The van der Waals surface area contributed by atoms with Crippen molar-refractivity contribution in [2.24, 2.45) is 5.92 Å². The van der Waals surface area contributed by atoms with Crippen molar-refractivity contribution in [3.63, 3.8) is 0 Å². The minimum absolute atomic E-state index is 0.00313. The molecule has 0 heterocycles. The predicted octanol–water partition coefficient (Wildman–Crippen LogP) is 2.77. The summed E-state index contributed by atoms with van der Waals surface area (Å²) in [6.45, 7) is 3.23. The van der Waals surface area contributed by atoms with Gasteiger partial charge < -0.3 is 15.0 Å². The van der Waals surface area contributed by atoms with Gasteiger partial charge >= 0.3 is 6.03 Å². The maximum atomic E-state index is 12.1. The second-order valence-corrected chi connectivity index (χ2v) is 5.55. The number of rotatable bonds is 6. The fraction of sp³-hybridized carbons (Fsp3) is 0.562. The summed E-state index contributed by atoms with van der Waals surface area (Å²) in [5.41, 5.74) is 2.23. The molecule has 1 saturated carbocycles. The molecule has 2 rings (SSSR count). The van der Waals surface area contributed by atoms with E-state index in [1.54, 1.807) is 7.11 Å². The van der Waals surface area contributed by atoms with E-state index in [-0.39, 0.29) is 6.03 Å². The first kappa shape index (κ1) is 14.9. The van der Waals surface area contributed by atoms with Crippen LogP contribution in [-0.2, 0) is 17.9 Å². The molecule has 0 radical (unpaired) electrons. The molecular formula is C16H24N2O2. The molecule has 1 N–H and O–H groups in total. The van der Waals surface area contributed by atoms with Gasteiger partial charge in [0.25, 0.3) is 0 Å². The summed E-state index contributed by atoms with van der Waals surface area (Å²) < 4.78 is 5.18. The molecule has 1 atom stereocenters. The Balaban J connectivity index is 1.89. The highest BCUT2D eigenvalue weighted by molar-refractivity contribution is 5.74. The summed E-state index contributed by atoms with van der Waals surface area (Å²) in [4.78, 5) is 14.0. The van der Waals surface area contributed by atoms with Gasteiger partial charge in [0, 0.05) is 26.7 Å². The van der Waals surface area contributed by atoms with Gasteiger partial charge in [-0.2, -0.15) is 0 Å². The molecule has 1 fully saturated rings. The fourth-order valence-electron chi connectivity index (χ4n) is 2.40. The zero-order chi connectivity index (χ0) is 14.5. The number of methoxy groups -OCH3 is 1. The number of nitrogens with zero attached hydrogens (tertiary/aromatic N) is 1. The first-order valence-corrected chi connectivity index (χ1v) is 7.20. The van der Waals surface area contributed by atoms with Gasteiger partial charge in [-0.05, 0) is 36.8 Å². The highest BCUT2D eigenvalue weighted by Crippen LogP contribution is 2.34. The Morgan fingerprint density at radius 1 is 1.40 bits per heavy atom. The van der Waals surface area contributed by atoms with Crippen LogP contribution < -0.4 is 5.32 Å². The average molecular weight is 276 g/mol. The van der Waals surface area contributed by atoms with E-state index in [0.717, 1.165) is 11.1 Å². The number of hydrogen-bond donors (Lipinski definition) is 1. The summed E-state index contributed by atoms with van der Waals surface area (Å²) in [7, 11) is 3.56. The van der Waals surface area contributed by atoms with Crippen molar-refractivity contribution >= 4 is 6.03 Å². The standard InChI is InChI=1S/C16H24N2O2/c1-12(13-8-9-13)18(2)16(19)17-10-14-6-4-5-7-15(14)11-20-3/h4-7,12-13H,8-11H2,1-3H3,(H,17,19)/t12-/m0/s1. The monoisotopic (exact) mass is 276 g/mol. The molecule has 0 spiro atoms. The summed E-state index contributed by atoms with van der Waals surface area (Å²) in [5.74, 6) is 0.687. The summed E-state index contributed by atoms with van der Waals surface area (Å²) in [6.07, 6.45) is 2.49. The lowest BCUT2D eigenvalue weighted by Crippen LogP contribution is -2.43. The summed E-state index contributed by atoms with van der Waals surface area (Å²) in [6, 6.07) is 8.35. The summed E-state index contributed by atoms with van der Waals surface area (Å²) in [5, 5.41) is 2.99. The van der Waals surface area contributed by atoms with Crippen LogP contribution in [0, 0.1) is 5.92 Å². The van der Waals surface area contributed by atoms with Crippen LogP contribution in [0.15, 0.2) is 24.3 Å². The average Bonchev–Trinajstić information content (AvgIpc) is 3.29. The Labute approximate surface area is 121 Å². The minimum Gasteiger partial charge on any atom is -0.380 e. The number of carbonyl (C=O) groups is 1. The lowest BCUT2D eigenvalue weighted by Gasteiger charge is -2.25. The fourth-order valence-corrected chi connectivity index (χ4v) is 2.40. The molecule has 4 heteroatoms. The van der Waals surface area contributed by atoms with E-state index in [9.17, 15) is 4.79 Å². The highest BCUT2D eigenvalue weighted by Gasteiger charge is 2.32. The molecule has 0 aromatic heterocycles. The second-order valence-electron chi connectivity index (χ2n) is 5.55. The number of ether oxygens (including phenoxy) is 1. The van der Waals surface area contributed by atoms with Crippen LogP contribution in [-0.4, -0.2) is 31.1 Å². The van der Waals surface area contributed by atoms with Crippen molar-refractivity contribution in [2.45, 2.75) is 39.0 Å². The van der Waals surface area contributed by atoms with E-state index >= 15 is 0 Å². The molecular weight excluding hydrogens is 252 g/mol. The van der Waals surface area contributed by atoms with E-state index in [4.69, 9.17) is 4.74 Å². The van der Waals surface area contributed by atoms with Crippen molar-refractivity contribution in [3.8, 4) is 0 Å². The Morgan fingerprint density at radius 3 is 2.65 bits per heavy atom. The van der Waals surface area contributed by atoms with Crippen molar-refractivity contribution in [3.05, 3.63) is 35.4 Å². The van der Waals surface area contributed by atoms with E-state index in [2.05, 4.69) is 12.2 Å². The molecule has 0 aliphatic heterocycles. The van der Waals surface area contributed by atoms with Gasteiger partial charge in [0.05, 0.1) is 6.61 Å². The molecule has 4 nitrogen and oxygen atoms in total. The van der Waals surface area contributed by atoms with E-state index in [1.807, 2.05) is 36.2 Å². The minimum atomic E-state index is -0.00313. The smallest absolute Gasteiger partial charge is 0.317 e. The zero-order valence-corrected chi connectivity index (χ0v) is 12.6. The molecule has 2 amide bonds. The van der Waals surface area contributed by atoms with Gasteiger partial charge in [0.1, 0.15) is 0 Å². The lowest BCUT2D eigenvalue weighted by molar-refractivity contribution is 0.182. The number of benzene rings is 1. The zero-order valence-electron chi connectivity index (χ0n) is 12.6. The van der Waals surface area contributed by atoms with E-state index in [1.165, 1.54) is 12.8 Å². The number of hydrogen-bond acceptors (Lipinski definition) is 2. The Morgan fingerprint density at radius 2 is 2.05 bits per heavy atom. The molecule has 1 aliphatic rings. The van der Waals surface area contributed by atoms with Crippen molar-refractivity contribution in [1.82, 2.24) is 10.2 Å². The Hall–Kier alpha value is -1.55.